The van der Waals surface area contributed by atoms with Gasteiger partial charge in [-0.05, 0) is 67.1 Å². The molecule has 0 heterocycles. The van der Waals surface area contributed by atoms with Gasteiger partial charge in [-0.25, -0.2) is 0 Å². The molecular formula is C20H25ClO3. The van der Waals surface area contributed by atoms with Gasteiger partial charge in [-0.15, -0.1) is 0 Å². The molecule has 2 fully saturated rings. The average molecular weight is 349 g/mol. The normalized spacial score (nSPS) is 31.5. The Labute approximate surface area is 148 Å². The van der Waals surface area contributed by atoms with Crippen LogP contribution in [-0.2, 0) is 4.74 Å². The Kier molecular flexibility index (Phi) is 4.91. The molecule has 2 bridgehead atoms. The predicted molar refractivity (Wildman–Crippen MR) is 96.2 cm³/mol. The number of ether oxygens (including phenoxy) is 1. The van der Waals surface area contributed by atoms with Gasteiger partial charge in [0.2, 0.25) is 0 Å². The summed E-state index contributed by atoms with van der Waals surface area (Å²) in [4.78, 5) is 11.0. The van der Waals surface area contributed by atoms with E-state index in [4.69, 9.17) is 16.3 Å². The Hall–Kier alpha value is -1.48. The number of aldehydes is 1. The van der Waals surface area contributed by atoms with Crippen LogP contribution in [0.15, 0.2) is 17.7 Å². The number of phenolic OH excluding ortho intramolecular Hbond substituents is 1. The van der Waals surface area contributed by atoms with Crippen LogP contribution in [0.2, 0.25) is 5.02 Å². The highest BCUT2D eigenvalue weighted by Crippen LogP contribution is 2.50. The summed E-state index contributed by atoms with van der Waals surface area (Å²) in [6.07, 6.45) is 5.51. The Morgan fingerprint density at radius 2 is 2.00 bits per heavy atom. The van der Waals surface area contributed by atoms with E-state index in [2.05, 4.69) is 13.8 Å². The van der Waals surface area contributed by atoms with Gasteiger partial charge in [0, 0.05) is 5.56 Å². The molecule has 3 nitrogen and oxygen atoms in total. The summed E-state index contributed by atoms with van der Waals surface area (Å²) >= 11 is 6.36. The number of allylic oxidation sites excluding steroid dienone is 1. The summed E-state index contributed by atoms with van der Waals surface area (Å²) in [7, 11) is 1.66. The fourth-order valence-corrected chi connectivity index (χ4v) is 5.12. The van der Waals surface area contributed by atoms with E-state index in [-0.39, 0.29) is 16.3 Å². The second-order valence-electron chi connectivity index (χ2n) is 7.48. The van der Waals surface area contributed by atoms with Crippen molar-refractivity contribution in [3.8, 4) is 5.75 Å². The molecule has 0 amide bonds. The number of benzene rings is 1. The Bertz CT molecular complexity index is 676. The maximum absolute atomic E-state index is 11.0. The van der Waals surface area contributed by atoms with Crippen molar-refractivity contribution < 1.29 is 14.6 Å². The molecule has 4 unspecified atom stereocenters. The number of methoxy groups -OCH3 is 1. The van der Waals surface area contributed by atoms with Gasteiger partial charge in [0.25, 0.3) is 0 Å². The zero-order valence-electron chi connectivity index (χ0n) is 14.5. The molecule has 1 N–H and O–H groups in total. The SMILES string of the molecule is CO/C(=C1/C(C)CC2CC(C)CC1C2)c1ccc(C=O)c(O)c1Cl. The van der Waals surface area contributed by atoms with Crippen LogP contribution in [0.4, 0.5) is 0 Å². The van der Waals surface area contributed by atoms with E-state index in [1.807, 2.05) is 0 Å². The highest BCUT2D eigenvalue weighted by atomic mass is 35.5. The number of fused-ring (bicyclic) bond motifs is 2. The number of carbonyl (C=O) groups is 1. The van der Waals surface area contributed by atoms with Crippen molar-refractivity contribution in [2.45, 2.75) is 39.5 Å². The topological polar surface area (TPSA) is 46.5 Å². The van der Waals surface area contributed by atoms with Gasteiger partial charge in [0.15, 0.2) is 6.29 Å². The van der Waals surface area contributed by atoms with Crippen LogP contribution in [0.25, 0.3) is 5.76 Å². The van der Waals surface area contributed by atoms with Gasteiger partial charge in [0.05, 0.1) is 17.7 Å². The van der Waals surface area contributed by atoms with Crippen molar-refractivity contribution in [2.75, 3.05) is 7.11 Å². The lowest BCUT2D eigenvalue weighted by molar-refractivity contribution is 0.112. The first-order valence-electron chi connectivity index (χ1n) is 8.71. The Morgan fingerprint density at radius 3 is 2.67 bits per heavy atom. The molecule has 0 aromatic heterocycles. The third-order valence-corrected chi connectivity index (χ3v) is 6.07. The Balaban J connectivity index is 2.11. The first-order chi connectivity index (χ1) is 11.5. The molecular weight excluding hydrogens is 324 g/mol. The number of halogens is 1. The molecule has 2 aliphatic rings. The summed E-state index contributed by atoms with van der Waals surface area (Å²) in [6.45, 7) is 4.59. The Morgan fingerprint density at radius 1 is 1.25 bits per heavy atom. The molecule has 130 valence electrons. The second-order valence-corrected chi connectivity index (χ2v) is 7.86. The van der Waals surface area contributed by atoms with Crippen molar-refractivity contribution in [1.29, 1.82) is 0 Å². The van der Waals surface area contributed by atoms with Crippen molar-refractivity contribution in [3.05, 3.63) is 33.9 Å². The fourth-order valence-electron chi connectivity index (χ4n) is 4.86. The van der Waals surface area contributed by atoms with Gasteiger partial charge in [0.1, 0.15) is 11.5 Å². The molecule has 0 aliphatic heterocycles. The molecule has 2 saturated carbocycles. The van der Waals surface area contributed by atoms with Gasteiger partial charge in [-0.2, -0.15) is 0 Å². The third-order valence-electron chi connectivity index (χ3n) is 5.68. The monoisotopic (exact) mass is 348 g/mol. The van der Waals surface area contributed by atoms with Crippen LogP contribution in [0.1, 0.15) is 55.5 Å². The van der Waals surface area contributed by atoms with E-state index in [1.165, 1.54) is 31.3 Å². The maximum Gasteiger partial charge on any atom is 0.153 e. The second kappa shape index (κ2) is 6.79. The maximum atomic E-state index is 11.0. The minimum absolute atomic E-state index is 0.169. The quantitative estimate of drug-likeness (QED) is 0.595. The van der Waals surface area contributed by atoms with E-state index in [0.717, 1.165) is 17.6 Å². The van der Waals surface area contributed by atoms with E-state index in [0.29, 0.717) is 23.7 Å². The first-order valence-corrected chi connectivity index (χ1v) is 9.09. The zero-order valence-corrected chi connectivity index (χ0v) is 15.3. The number of hydrogen-bond acceptors (Lipinski definition) is 3. The highest BCUT2D eigenvalue weighted by Gasteiger charge is 2.38. The van der Waals surface area contributed by atoms with E-state index in [1.54, 1.807) is 19.2 Å². The largest absolute Gasteiger partial charge is 0.506 e. The summed E-state index contributed by atoms with van der Waals surface area (Å²) < 4.78 is 5.78. The van der Waals surface area contributed by atoms with Crippen molar-refractivity contribution in [3.63, 3.8) is 0 Å². The number of carbonyl (C=O) groups excluding carboxylic acids is 1. The standard InChI is InChI=1S/C20H25ClO3/c1-11-6-13-8-12(2)17(15(7-11)9-13)20(24-3)16-5-4-14(10-22)19(23)18(16)21/h4-5,10-13,15,23H,6-9H2,1-3H3/b20-17-. The van der Waals surface area contributed by atoms with Crippen LogP contribution in [0, 0.1) is 23.7 Å². The summed E-state index contributed by atoms with van der Waals surface area (Å²) in [5.41, 5.74) is 2.20. The molecule has 0 spiro atoms. The van der Waals surface area contributed by atoms with Crippen molar-refractivity contribution in [2.24, 2.45) is 23.7 Å². The van der Waals surface area contributed by atoms with Crippen LogP contribution in [-0.4, -0.2) is 18.5 Å². The van der Waals surface area contributed by atoms with Crippen LogP contribution in [0.3, 0.4) is 0 Å². The molecule has 0 saturated heterocycles. The fraction of sp³-hybridized carbons (Fsp3) is 0.550. The number of hydrogen-bond donors (Lipinski definition) is 1. The molecule has 24 heavy (non-hydrogen) atoms. The summed E-state index contributed by atoms with van der Waals surface area (Å²) in [6, 6.07) is 3.38. The van der Waals surface area contributed by atoms with Crippen molar-refractivity contribution >= 4 is 23.6 Å². The minimum atomic E-state index is -0.169. The molecule has 0 radical (unpaired) electrons. The van der Waals surface area contributed by atoms with Crippen LogP contribution >= 0.6 is 11.6 Å². The average Bonchev–Trinajstić information content (AvgIpc) is 2.53. The predicted octanol–water partition coefficient (Wildman–Crippen LogP) is 5.31. The lowest BCUT2D eigenvalue weighted by Gasteiger charge is -2.43. The number of aromatic hydroxyl groups is 1. The third kappa shape index (κ3) is 2.95. The van der Waals surface area contributed by atoms with E-state index in [9.17, 15) is 9.90 Å². The molecule has 3 rings (SSSR count). The summed E-state index contributed by atoms with van der Waals surface area (Å²) in [5.74, 6) is 3.10. The lowest BCUT2D eigenvalue weighted by atomic mass is 9.62. The first kappa shape index (κ1) is 17.3. The number of phenols is 1. The van der Waals surface area contributed by atoms with Crippen molar-refractivity contribution in [1.82, 2.24) is 0 Å². The van der Waals surface area contributed by atoms with Crippen LogP contribution < -0.4 is 0 Å². The molecule has 4 heteroatoms. The molecule has 1 aromatic carbocycles. The van der Waals surface area contributed by atoms with Gasteiger partial charge in [-0.1, -0.05) is 25.4 Å². The molecule has 2 aliphatic carbocycles. The lowest BCUT2D eigenvalue weighted by Crippen LogP contribution is -2.32. The zero-order chi connectivity index (χ0) is 17.4. The van der Waals surface area contributed by atoms with E-state index >= 15 is 0 Å². The van der Waals surface area contributed by atoms with Crippen LogP contribution in [0.5, 0.6) is 5.75 Å². The van der Waals surface area contributed by atoms with Gasteiger partial charge in [-0.3, -0.25) is 4.79 Å². The van der Waals surface area contributed by atoms with Gasteiger partial charge < -0.3 is 9.84 Å². The number of rotatable bonds is 3. The molecule has 4 atom stereocenters. The smallest absolute Gasteiger partial charge is 0.153 e. The van der Waals surface area contributed by atoms with Gasteiger partial charge >= 0.3 is 0 Å². The minimum Gasteiger partial charge on any atom is -0.506 e. The van der Waals surface area contributed by atoms with E-state index < -0.39 is 0 Å². The highest BCUT2D eigenvalue weighted by molar-refractivity contribution is 6.34. The molecule has 1 aromatic rings. The summed E-state index contributed by atoms with van der Waals surface area (Å²) in [5, 5.41) is 10.4.